The summed E-state index contributed by atoms with van der Waals surface area (Å²) in [4.78, 5) is 34.2. The summed E-state index contributed by atoms with van der Waals surface area (Å²) in [5.41, 5.74) is 1.30. The number of ketones is 1. The second-order valence-electron chi connectivity index (χ2n) is 6.91. The molecule has 0 saturated heterocycles. The first-order valence-electron chi connectivity index (χ1n) is 9.15. The lowest BCUT2D eigenvalue weighted by Gasteiger charge is -2.34. The molecule has 148 valence electrons. The number of nitriles is 1. The number of amides is 1. The fourth-order valence-electron chi connectivity index (χ4n) is 3.28. The summed E-state index contributed by atoms with van der Waals surface area (Å²) in [6.07, 6.45) is 7.70. The maximum absolute atomic E-state index is 12.9. The molecule has 0 fully saturated rings. The first-order chi connectivity index (χ1) is 14.5. The number of halogens is 1. The monoisotopic (exact) mass is 417 g/mol. The van der Waals surface area contributed by atoms with Crippen LogP contribution in [0.4, 0.5) is 5.82 Å². The molecule has 7 nitrogen and oxygen atoms in total. The highest BCUT2D eigenvalue weighted by molar-refractivity contribution is 6.27. The van der Waals surface area contributed by atoms with Crippen molar-refractivity contribution in [1.82, 2.24) is 14.5 Å². The Kier molecular flexibility index (Phi) is 5.17. The van der Waals surface area contributed by atoms with Crippen molar-refractivity contribution in [2.24, 2.45) is 0 Å². The lowest BCUT2D eigenvalue weighted by molar-refractivity contribution is -0.114. The van der Waals surface area contributed by atoms with Crippen molar-refractivity contribution in [2.75, 3.05) is 11.4 Å². The van der Waals surface area contributed by atoms with Gasteiger partial charge in [-0.3, -0.25) is 14.5 Å². The zero-order chi connectivity index (χ0) is 21.1. The van der Waals surface area contributed by atoms with Gasteiger partial charge in [0, 0.05) is 24.4 Å². The number of nitrogens with zero attached hydrogens (tertiary/aromatic N) is 5. The first-order valence-corrected chi connectivity index (χ1v) is 9.52. The van der Waals surface area contributed by atoms with E-state index in [1.54, 1.807) is 59.3 Å². The molecule has 30 heavy (non-hydrogen) atoms. The summed E-state index contributed by atoms with van der Waals surface area (Å²) < 4.78 is 1.67. The van der Waals surface area contributed by atoms with Crippen molar-refractivity contribution < 1.29 is 9.59 Å². The third kappa shape index (κ3) is 3.86. The van der Waals surface area contributed by atoms with Gasteiger partial charge in [0.2, 0.25) is 5.78 Å². The zero-order valence-corrected chi connectivity index (χ0v) is 16.5. The number of rotatable bonds is 5. The maximum Gasteiger partial charge on any atom is 0.251 e. The van der Waals surface area contributed by atoms with Gasteiger partial charge in [0.15, 0.2) is 0 Å². The van der Waals surface area contributed by atoms with Crippen LogP contribution in [0.5, 0.6) is 0 Å². The van der Waals surface area contributed by atoms with E-state index in [-0.39, 0.29) is 24.8 Å². The Hall–Kier alpha value is -3.76. The van der Waals surface area contributed by atoms with Crippen LogP contribution in [0.15, 0.2) is 73.3 Å². The van der Waals surface area contributed by atoms with Gasteiger partial charge in [-0.1, -0.05) is 12.1 Å². The number of pyridine rings is 1. The van der Waals surface area contributed by atoms with E-state index >= 15 is 0 Å². The Labute approximate surface area is 177 Å². The first kappa shape index (κ1) is 19.6. The summed E-state index contributed by atoms with van der Waals surface area (Å²) in [5.74, 6) is 0.0792. The molecule has 8 heteroatoms. The number of anilines is 1. The van der Waals surface area contributed by atoms with Crippen molar-refractivity contribution in [3.63, 3.8) is 0 Å². The van der Waals surface area contributed by atoms with Gasteiger partial charge in [-0.2, -0.15) is 5.26 Å². The summed E-state index contributed by atoms with van der Waals surface area (Å²) in [6.45, 7) is 0.433. The molecule has 0 spiro atoms. The van der Waals surface area contributed by atoms with E-state index in [9.17, 15) is 9.59 Å². The molecule has 3 heterocycles. The van der Waals surface area contributed by atoms with Crippen LogP contribution in [0.3, 0.4) is 0 Å². The van der Waals surface area contributed by atoms with E-state index < -0.39 is 4.87 Å². The van der Waals surface area contributed by atoms with Crippen LogP contribution in [0.1, 0.15) is 21.6 Å². The minimum absolute atomic E-state index is 0.198. The van der Waals surface area contributed by atoms with Gasteiger partial charge in [0.25, 0.3) is 5.91 Å². The van der Waals surface area contributed by atoms with Crippen LogP contribution in [-0.4, -0.2) is 37.6 Å². The lowest BCUT2D eigenvalue weighted by atomic mass is 10.0. The van der Waals surface area contributed by atoms with E-state index in [2.05, 4.69) is 9.97 Å². The maximum atomic E-state index is 12.9. The summed E-state index contributed by atoms with van der Waals surface area (Å²) >= 11 is 6.83. The molecule has 1 atom stereocenters. The zero-order valence-electron chi connectivity index (χ0n) is 15.8. The standard InChI is InChI=1S/C22H16ClN5O2/c23-22(9-8-20(29)28(14-22)19-3-1-2-10-26-19)13-27-15-25-12-18(27)21(30)17-6-4-16(11-24)5-7-17/h1-10,12,15H,13-14H2. The highest BCUT2D eigenvalue weighted by Gasteiger charge is 2.35. The summed E-state index contributed by atoms with van der Waals surface area (Å²) in [7, 11) is 0. The molecule has 3 aromatic rings. The van der Waals surface area contributed by atoms with Gasteiger partial charge in [-0.05, 0) is 36.4 Å². The van der Waals surface area contributed by atoms with Gasteiger partial charge in [0.1, 0.15) is 11.5 Å². The molecular weight excluding hydrogens is 402 g/mol. The van der Waals surface area contributed by atoms with Crippen LogP contribution < -0.4 is 4.90 Å². The molecule has 1 aliphatic heterocycles. The molecule has 4 rings (SSSR count). The second kappa shape index (κ2) is 7.93. The van der Waals surface area contributed by atoms with E-state index in [1.807, 2.05) is 6.07 Å². The van der Waals surface area contributed by atoms with Gasteiger partial charge in [-0.25, -0.2) is 9.97 Å². The Morgan fingerprint density at radius 2 is 2.03 bits per heavy atom. The van der Waals surface area contributed by atoms with E-state index in [0.717, 1.165) is 0 Å². The van der Waals surface area contributed by atoms with Crippen LogP contribution in [0.2, 0.25) is 0 Å². The molecule has 2 aromatic heterocycles. The Bertz CT molecular complexity index is 1160. The van der Waals surface area contributed by atoms with Crippen molar-refractivity contribution in [1.29, 1.82) is 5.26 Å². The average molecular weight is 418 g/mol. The van der Waals surface area contributed by atoms with Gasteiger partial charge in [0.05, 0.1) is 35.6 Å². The SMILES string of the molecule is N#Cc1ccc(C(=O)c2cncn2CC2(Cl)C=CC(=O)N(c3ccccn3)C2)cc1. The molecule has 1 unspecified atom stereocenters. The predicted octanol–water partition coefficient (Wildman–Crippen LogP) is 2.96. The van der Waals surface area contributed by atoms with Crippen molar-refractivity contribution >= 4 is 29.1 Å². The molecule has 1 amide bonds. The normalized spacial score (nSPS) is 18.3. The Morgan fingerprint density at radius 3 is 2.73 bits per heavy atom. The number of aromatic nitrogens is 3. The number of hydrogen-bond acceptors (Lipinski definition) is 5. The van der Waals surface area contributed by atoms with Crippen LogP contribution in [0, 0.1) is 11.3 Å². The summed E-state index contributed by atoms with van der Waals surface area (Å²) in [5, 5.41) is 8.93. The molecule has 0 aliphatic carbocycles. The number of benzene rings is 1. The van der Waals surface area contributed by atoms with Crippen LogP contribution >= 0.6 is 11.6 Å². The van der Waals surface area contributed by atoms with E-state index in [1.165, 1.54) is 23.5 Å². The number of carbonyl (C=O) groups excluding carboxylic acids is 2. The Morgan fingerprint density at radius 1 is 1.23 bits per heavy atom. The lowest BCUT2D eigenvalue weighted by Crippen LogP contribution is -2.47. The second-order valence-corrected chi connectivity index (χ2v) is 7.66. The minimum atomic E-state index is -0.939. The highest BCUT2D eigenvalue weighted by Crippen LogP contribution is 2.29. The van der Waals surface area contributed by atoms with Crippen molar-refractivity contribution in [3.8, 4) is 6.07 Å². The fraction of sp³-hybridized carbons (Fsp3) is 0.136. The Balaban J connectivity index is 1.58. The van der Waals surface area contributed by atoms with Gasteiger partial charge < -0.3 is 4.57 Å². The molecule has 0 bridgehead atoms. The minimum Gasteiger partial charge on any atom is -0.326 e. The molecular formula is C22H16ClN5O2. The van der Waals surface area contributed by atoms with Crippen LogP contribution in [0.25, 0.3) is 0 Å². The largest absolute Gasteiger partial charge is 0.326 e. The molecule has 1 aromatic carbocycles. The average Bonchev–Trinajstić information content (AvgIpc) is 3.23. The summed E-state index contributed by atoms with van der Waals surface area (Å²) in [6, 6.07) is 13.7. The third-order valence-corrected chi connectivity index (χ3v) is 5.16. The fourth-order valence-corrected chi connectivity index (χ4v) is 3.59. The van der Waals surface area contributed by atoms with Gasteiger partial charge in [-0.15, -0.1) is 11.6 Å². The predicted molar refractivity (Wildman–Crippen MR) is 111 cm³/mol. The quantitative estimate of drug-likeness (QED) is 0.470. The van der Waals surface area contributed by atoms with Crippen molar-refractivity contribution in [3.05, 3.63) is 90.2 Å². The third-order valence-electron chi connectivity index (χ3n) is 4.79. The number of carbonyl (C=O) groups is 2. The number of alkyl halides is 1. The smallest absolute Gasteiger partial charge is 0.251 e. The van der Waals surface area contributed by atoms with Crippen molar-refractivity contribution in [2.45, 2.75) is 11.4 Å². The van der Waals surface area contributed by atoms with E-state index in [0.29, 0.717) is 22.6 Å². The topological polar surface area (TPSA) is 91.9 Å². The molecule has 0 saturated carbocycles. The molecule has 0 N–H and O–H groups in total. The molecule has 1 aliphatic rings. The molecule has 0 radical (unpaired) electrons. The van der Waals surface area contributed by atoms with Gasteiger partial charge >= 0.3 is 0 Å². The van der Waals surface area contributed by atoms with E-state index in [4.69, 9.17) is 16.9 Å². The number of imidazole rings is 1. The highest BCUT2D eigenvalue weighted by atomic mass is 35.5. The number of hydrogen-bond donors (Lipinski definition) is 0. The van der Waals surface area contributed by atoms with Crippen LogP contribution in [-0.2, 0) is 11.3 Å².